The number of carbonyl (C=O) groups excluding carboxylic acids is 2. The first-order chi connectivity index (χ1) is 7.15. The summed E-state index contributed by atoms with van der Waals surface area (Å²) >= 11 is 0. The Morgan fingerprint density at radius 1 is 1.07 bits per heavy atom. The zero-order chi connectivity index (χ0) is 11.7. The molecule has 0 aromatic heterocycles. The van der Waals surface area contributed by atoms with Crippen LogP contribution in [-0.4, -0.2) is 49.4 Å². The largest absolute Gasteiger partial charge is 0.346 e. The minimum atomic E-state index is -0.141. The minimum Gasteiger partial charge on any atom is -0.346 e. The number of amides is 2. The molecule has 0 aliphatic heterocycles. The van der Waals surface area contributed by atoms with Gasteiger partial charge in [0.25, 0.3) is 0 Å². The van der Waals surface area contributed by atoms with Gasteiger partial charge in [0.05, 0.1) is 13.1 Å². The maximum absolute atomic E-state index is 11.5. The molecule has 0 rings (SSSR count). The van der Waals surface area contributed by atoms with Gasteiger partial charge >= 0.3 is 0 Å². The highest BCUT2D eigenvalue weighted by molar-refractivity contribution is 5.85. The average Bonchev–Trinajstić information content (AvgIpc) is 2.25. The molecule has 0 radical (unpaired) electrons. The Balaban J connectivity index is 3.74. The van der Waals surface area contributed by atoms with Crippen molar-refractivity contribution in [2.45, 2.75) is 20.8 Å². The highest BCUT2D eigenvalue weighted by Crippen LogP contribution is 1.86. The SMILES string of the molecule is CCNCC(=O)NCC(=O)N(CC)CC. The number of carbonyl (C=O) groups is 2. The van der Waals surface area contributed by atoms with E-state index in [1.165, 1.54) is 0 Å². The predicted octanol–water partition coefficient (Wildman–Crippen LogP) is -0.419. The summed E-state index contributed by atoms with van der Waals surface area (Å²) in [4.78, 5) is 24.3. The molecule has 0 spiro atoms. The molecule has 0 saturated heterocycles. The highest BCUT2D eigenvalue weighted by Gasteiger charge is 2.10. The molecule has 0 heterocycles. The Hall–Kier alpha value is -1.10. The molecule has 0 aromatic rings. The predicted molar refractivity (Wildman–Crippen MR) is 59.5 cm³/mol. The van der Waals surface area contributed by atoms with Gasteiger partial charge in [-0.05, 0) is 20.4 Å². The zero-order valence-electron chi connectivity index (χ0n) is 9.80. The molecule has 15 heavy (non-hydrogen) atoms. The van der Waals surface area contributed by atoms with Crippen LogP contribution in [0.1, 0.15) is 20.8 Å². The van der Waals surface area contributed by atoms with E-state index in [2.05, 4.69) is 10.6 Å². The fourth-order valence-electron chi connectivity index (χ4n) is 1.16. The lowest BCUT2D eigenvalue weighted by Gasteiger charge is -2.18. The third-order valence-electron chi connectivity index (χ3n) is 2.09. The topological polar surface area (TPSA) is 61.4 Å². The Labute approximate surface area is 91.2 Å². The lowest BCUT2D eigenvalue weighted by Crippen LogP contribution is -2.42. The van der Waals surface area contributed by atoms with Crippen molar-refractivity contribution in [3.8, 4) is 0 Å². The van der Waals surface area contributed by atoms with Crippen molar-refractivity contribution in [2.24, 2.45) is 0 Å². The van der Waals surface area contributed by atoms with Crippen LogP contribution in [0.3, 0.4) is 0 Å². The van der Waals surface area contributed by atoms with E-state index < -0.39 is 0 Å². The van der Waals surface area contributed by atoms with Gasteiger partial charge in [0, 0.05) is 13.1 Å². The summed E-state index contributed by atoms with van der Waals surface area (Å²) in [5, 5.41) is 5.47. The van der Waals surface area contributed by atoms with E-state index in [1.54, 1.807) is 4.90 Å². The van der Waals surface area contributed by atoms with E-state index in [1.807, 2.05) is 20.8 Å². The van der Waals surface area contributed by atoms with Crippen LogP contribution in [0.4, 0.5) is 0 Å². The number of likely N-dealkylation sites (N-methyl/N-ethyl adjacent to an activating group) is 2. The lowest BCUT2D eigenvalue weighted by molar-refractivity contribution is -0.132. The number of hydrogen-bond donors (Lipinski definition) is 2. The summed E-state index contributed by atoms with van der Waals surface area (Å²) < 4.78 is 0. The molecule has 0 aliphatic rings. The normalized spacial score (nSPS) is 9.80. The Morgan fingerprint density at radius 2 is 1.67 bits per heavy atom. The van der Waals surface area contributed by atoms with Crippen molar-refractivity contribution >= 4 is 11.8 Å². The molecular weight excluding hydrogens is 194 g/mol. The molecular formula is C10H21N3O2. The quantitative estimate of drug-likeness (QED) is 0.606. The fourth-order valence-corrected chi connectivity index (χ4v) is 1.16. The fraction of sp³-hybridized carbons (Fsp3) is 0.800. The second-order valence-electron chi connectivity index (χ2n) is 3.12. The van der Waals surface area contributed by atoms with Crippen molar-refractivity contribution < 1.29 is 9.59 Å². The number of nitrogens with zero attached hydrogens (tertiary/aromatic N) is 1. The Kier molecular flexibility index (Phi) is 7.62. The third-order valence-corrected chi connectivity index (χ3v) is 2.09. The van der Waals surface area contributed by atoms with Gasteiger partial charge in [-0.1, -0.05) is 6.92 Å². The summed E-state index contributed by atoms with van der Waals surface area (Å²) in [7, 11) is 0. The zero-order valence-corrected chi connectivity index (χ0v) is 9.80. The maximum atomic E-state index is 11.5. The summed E-state index contributed by atoms with van der Waals surface area (Å²) in [6.45, 7) is 8.22. The molecule has 0 aliphatic carbocycles. The summed E-state index contributed by atoms with van der Waals surface area (Å²) in [5.74, 6) is -0.179. The van der Waals surface area contributed by atoms with Gasteiger partial charge in [-0.3, -0.25) is 9.59 Å². The number of nitrogens with one attached hydrogen (secondary N) is 2. The minimum absolute atomic E-state index is 0.0372. The first kappa shape index (κ1) is 13.9. The summed E-state index contributed by atoms with van der Waals surface area (Å²) in [6, 6.07) is 0. The van der Waals surface area contributed by atoms with Crippen molar-refractivity contribution in [2.75, 3.05) is 32.7 Å². The molecule has 88 valence electrons. The third kappa shape index (κ3) is 6.06. The van der Waals surface area contributed by atoms with E-state index in [-0.39, 0.29) is 24.9 Å². The summed E-state index contributed by atoms with van der Waals surface area (Å²) in [5.41, 5.74) is 0. The summed E-state index contributed by atoms with van der Waals surface area (Å²) in [6.07, 6.45) is 0. The molecule has 0 aromatic carbocycles. The van der Waals surface area contributed by atoms with E-state index in [0.29, 0.717) is 13.1 Å². The van der Waals surface area contributed by atoms with Crippen LogP contribution in [0.15, 0.2) is 0 Å². The van der Waals surface area contributed by atoms with E-state index in [4.69, 9.17) is 0 Å². The monoisotopic (exact) mass is 215 g/mol. The highest BCUT2D eigenvalue weighted by atomic mass is 16.2. The lowest BCUT2D eigenvalue weighted by atomic mass is 10.4. The standard InChI is InChI=1S/C10H21N3O2/c1-4-11-7-9(14)12-8-10(15)13(5-2)6-3/h11H,4-8H2,1-3H3,(H,12,14). The van der Waals surface area contributed by atoms with Gasteiger partial charge in [0.2, 0.25) is 11.8 Å². The molecule has 0 unspecified atom stereocenters. The molecule has 0 atom stereocenters. The van der Waals surface area contributed by atoms with Crippen molar-refractivity contribution in [1.29, 1.82) is 0 Å². The van der Waals surface area contributed by atoms with Crippen LogP contribution in [0.5, 0.6) is 0 Å². The van der Waals surface area contributed by atoms with Crippen molar-refractivity contribution in [3.05, 3.63) is 0 Å². The molecule has 2 N–H and O–H groups in total. The smallest absolute Gasteiger partial charge is 0.241 e. The number of hydrogen-bond acceptors (Lipinski definition) is 3. The van der Waals surface area contributed by atoms with Crippen LogP contribution in [0.2, 0.25) is 0 Å². The van der Waals surface area contributed by atoms with Crippen LogP contribution < -0.4 is 10.6 Å². The maximum Gasteiger partial charge on any atom is 0.241 e. The molecule has 2 amide bonds. The van der Waals surface area contributed by atoms with Gasteiger partial charge in [0.15, 0.2) is 0 Å². The van der Waals surface area contributed by atoms with Gasteiger partial charge in [-0.25, -0.2) is 0 Å². The van der Waals surface area contributed by atoms with Crippen LogP contribution in [0, 0.1) is 0 Å². The van der Waals surface area contributed by atoms with Crippen LogP contribution in [0.25, 0.3) is 0 Å². The molecule has 5 heteroatoms. The molecule has 0 saturated carbocycles. The van der Waals surface area contributed by atoms with E-state index >= 15 is 0 Å². The van der Waals surface area contributed by atoms with Gasteiger partial charge in [-0.15, -0.1) is 0 Å². The first-order valence-corrected chi connectivity index (χ1v) is 5.40. The second-order valence-corrected chi connectivity index (χ2v) is 3.12. The first-order valence-electron chi connectivity index (χ1n) is 5.40. The van der Waals surface area contributed by atoms with Gasteiger partial charge in [0.1, 0.15) is 0 Å². The second kappa shape index (κ2) is 8.23. The Bertz CT molecular complexity index is 203. The molecule has 5 nitrogen and oxygen atoms in total. The van der Waals surface area contributed by atoms with E-state index in [9.17, 15) is 9.59 Å². The van der Waals surface area contributed by atoms with Gasteiger partial charge < -0.3 is 15.5 Å². The van der Waals surface area contributed by atoms with Crippen LogP contribution >= 0.6 is 0 Å². The van der Waals surface area contributed by atoms with E-state index in [0.717, 1.165) is 6.54 Å². The van der Waals surface area contributed by atoms with Gasteiger partial charge in [-0.2, -0.15) is 0 Å². The molecule has 0 bridgehead atoms. The molecule has 0 fully saturated rings. The van der Waals surface area contributed by atoms with Crippen molar-refractivity contribution in [3.63, 3.8) is 0 Å². The Morgan fingerprint density at radius 3 is 2.13 bits per heavy atom. The average molecular weight is 215 g/mol. The van der Waals surface area contributed by atoms with Crippen molar-refractivity contribution in [1.82, 2.24) is 15.5 Å². The van der Waals surface area contributed by atoms with Crippen LogP contribution in [-0.2, 0) is 9.59 Å². The number of rotatable bonds is 7.